The van der Waals surface area contributed by atoms with Gasteiger partial charge in [-0.3, -0.25) is 9.10 Å². The number of nitrogens with zero attached hydrogens (tertiary/aromatic N) is 1. The molecule has 0 heterocycles. The number of carbonyl (C=O) groups is 1. The number of halogens is 1. The van der Waals surface area contributed by atoms with Crippen LogP contribution in [0.2, 0.25) is 5.02 Å². The first-order valence-electron chi connectivity index (χ1n) is 7.33. The van der Waals surface area contributed by atoms with Crippen molar-refractivity contribution in [1.29, 1.82) is 0 Å². The quantitative estimate of drug-likeness (QED) is 0.913. The van der Waals surface area contributed by atoms with Crippen molar-refractivity contribution in [3.8, 4) is 0 Å². The van der Waals surface area contributed by atoms with E-state index in [1.165, 1.54) is 19.5 Å². The SMILES string of the molecule is CN(c1cc(C(=O)NC2CCCCC2)ccc1Cl)S(C)(=O)=O. The number of anilines is 1. The molecule has 1 aromatic carbocycles. The third-order valence-corrected chi connectivity index (χ3v) is 5.50. The molecule has 2 rings (SSSR count). The second kappa shape index (κ2) is 6.87. The molecule has 22 heavy (non-hydrogen) atoms. The zero-order valence-corrected chi connectivity index (χ0v) is 14.4. The fourth-order valence-corrected chi connectivity index (χ4v) is 3.39. The molecule has 1 amide bonds. The Labute approximate surface area is 136 Å². The first-order chi connectivity index (χ1) is 10.3. The number of hydrogen-bond donors (Lipinski definition) is 1. The highest BCUT2D eigenvalue weighted by atomic mass is 35.5. The van der Waals surface area contributed by atoms with Crippen LogP contribution in [0.25, 0.3) is 0 Å². The lowest BCUT2D eigenvalue weighted by molar-refractivity contribution is 0.0927. The summed E-state index contributed by atoms with van der Waals surface area (Å²) >= 11 is 6.06. The summed E-state index contributed by atoms with van der Waals surface area (Å²) in [5, 5.41) is 3.30. The van der Waals surface area contributed by atoms with Gasteiger partial charge in [-0.2, -0.15) is 0 Å². The third kappa shape index (κ3) is 4.14. The summed E-state index contributed by atoms with van der Waals surface area (Å²) in [6.45, 7) is 0. The minimum absolute atomic E-state index is 0.188. The van der Waals surface area contributed by atoms with Gasteiger partial charge in [-0.05, 0) is 31.0 Å². The van der Waals surface area contributed by atoms with Crippen molar-refractivity contribution in [2.75, 3.05) is 17.6 Å². The van der Waals surface area contributed by atoms with Gasteiger partial charge in [0.05, 0.1) is 17.0 Å². The van der Waals surface area contributed by atoms with Crippen LogP contribution < -0.4 is 9.62 Å². The third-order valence-electron chi connectivity index (χ3n) is 3.99. The van der Waals surface area contributed by atoms with Crippen LogP contribution in [-0.2, 0) is 10.0 Å². The smallest absolute Gasteiger partial charge is 0.251 e. The van der Waals surface area contributed by atoms with Gasteiger partial charge in [0.15, 0.2) is 0 Å². The largest absolute Gasteiger partial charge is 0.349 e. The molecule has 122 valence electrons. The lowest BCUT2D eigenvalue weighted by atomic mass is 9.95. The van der Waals surface area contributed by atoms with Crippen LogP contribution in [0.5, 0.6) is 0 Å². The lowest BCUT2D eigenvalue weighted by Gasteiger charge is -2.23. The summed E-state index contributed by atoms with van der Waals surface area (Å²) < 4.78 is 24.4. The van der Waals surface area contributed by atoms with Gasteiger partial charge in [-0.25, -0.2) is 8.42 Å². The van der Waals surface area contributed by atoms with E-state index in [-0.39, 0.29) is 11.9 Å². The molecule has 5 nitrogen and oxygen atoms in total. The predicted octanol–water partition coefficient (Wildman–Crippen LogP) is 2.80. The van der Waals surface area contributed by atoms with Gasteiger partial charge in [0.2, 0.25) is 10.0 Å². The minimum atomic E-state index is -3.43. The maximum absolute atomic E-state index is 12.3. The number of amides is 1. The summed E-state index contributed by atoms with van der Waals surface area (Å²) in [4.78, 5) is 12.3. The van der Waals surface area contributed by atoms with Gasteiger partial charge in [-0.1, -0.05) is 30.9 Å². The molecule has 0 unspecified atom stereocenters. The predicted molar refractivity (Wildman–Crippen MR) is 89.0 cm³/mol. The van der Waals surface area contributed by atoms with Crippen LogP contribution >= 0.6 is 11.6 Å². The number of hydrogen-bond acceptors (Lipinski definition) is 3. The first kappa shape index (κ1) is 17.1. The summed E-state index contributed by atoms with van der Waals surface area (Å²) in [6.07, 6.45) is 6.57. The maximum atomic E-state index is 12.3. The summed E-state index contributed by atoms with van der Waals surface area (Å²) in [6, 6.07) is 4.88. The summed E-state index contributed by atoms with van der Waals surface area (Å²) in [7, 11) is -2.01. The Balaban J connectivity index is 2.19. The van der Waals surface area contributed by atoms with E-state index in [0.717, 1.165) is 36.2 Å². The van der Waals surface area contributed by atoms with Crippen LogP contribution in [-0.4, -0.2) is 33.7 Å². The van der Waals surface area contributed by atoms with Crippen molar-refractivity contribution < 1.29 is 13.2 Å². The Morgan fingerprint density at radius 3 is 2.50 bits per heavy atom. The van der Waals surface area contributed by atoms with Gasteiger partial charge in [0.25, 0.3) is 5.91 Å². The number of nitrogens with one attached hydrogen (secondary N) is 1. The molecule has 1 aliphatic rings. The topological polar surface area (TPSA) is 66.5 Å². The number of carbonyl (C=O) groups excluding carboxylic acids is 1. The van der Waals surface area contributed by atoms with Crippen molar-refractivity contribution in [1.82, 2.24) is 5.32 Å². The highest BCUT2D eigenvalue weighted by Crippen LogP contribution is 2.28. The van der Waals surface area contributed by atoms with E-state index in [0.29, 0.717) is 16.3 Å². The van der Waals surface area contributed by atoms with E-state index < -0.39 is 10.0 Å². The van der Waals surface area contributed by atoms with Gasteiger partial charge in [-0.15, -0.1) is 0 Å². The van der Waals surface area contributed by atoms with Gasteiger partial charge >= 0.3 is 0 Å². The van der Waals surface area contributed by atoms with E-state index in [1.54, 1.807) is 12.1 Å². The van der Waals surface area contributed by atoms with Crippen LogP contribution in [0, 0.1) is 0 Å². The van der Waals surface area contributed by atoms with Crippen molar-refractivity contribution in [3.63, 3.8) is 0 Å². The van der Waals surface area contributed by atoms with Crippen molar-refractivity contribution in [3.05, 3.63) is 28.8 Å². The van der Waals surface area contributed by atoms with E-state index in [1.807, 2.05) is 0 Å². The van der Waals surface area contributed by atoms with Gasteiger partial charge in [0, 0.05) is 18.7 Å². The minimum Gasteiger partial charge on any atom is -0.349 e. The molecule has 1 aliphatic carbocycles. The number of benzene rings is 1. The van der Waals surface area contributed by atoms with Crippen molar-refractivity contribution in [2.24, 2.45) is 0 Å². The lowest BCUT2D eigenvalue weighted by Crippen LogP contribution is -2.36. The average molecular weight is 345 g/mol. The molecule has 7 heteroatoms. The highest BCUT2D eigenvalue weighted by molar-refractivity contribution is 7.92. The van der Waals surface area contributed by atoms with Crippen LogP contribution in [0.3, 0.4) is 0 Å². The van der Waals surface area contributed by atoms with Crippen molar-refractivity contribution >= 4 is 33.2 Å². The molecule has 0 bridgehead atoms. The molecule has 0 saturated heterocycles. The Bertz CT molecular complexity index is 655. The van der Waals surface area contributed by atoms with Crippen LogP contribution in [0.4, 0.5) is 5.69 Å². The zero-order chi connectivity index (χ0) is 16.3. The fraction of sp³-hybridized carbons (Fsp3) is 0.533. The van der Waals surface area contributed by atoms with E-state index in [4.69, 9.17) is 11.6 Å². The van der Waals surface area contributed by atoms with Gasteiger partial charge < -0.3 is 5.32 Å². The highest BCUT2D eigenvalue weighted by Gasteiger charge is 2.20. The second-order valence-electron chi connectivity index (χ2n) is 5.71. The number of rotatable bonds is 4. The number of sulfonamides is 1. The molecular formula is C15H21ClN2O3S. The monoisotopic (exact) mass is 344 g/mol. The molecule has 0 atom stereocenters. The average Bonchev–Trinajstić information content (AvgIpc) is 2.47. The molecule has 0 spiro atoms. The zero-order valence-electron chi connectivity index (χ0n) is 12.8. The Kier molecular flexibility index (Phi) is 5.34. The summed E-state index contributed by atoms with van der Waals surface area (Å²) in [5.74, 6) is -0.188. The van der Waals surface area contributed by atoms with Crippen LogP contribution in [0.15, 0.2) is 18.2 Å². The molecule has 0 aliphatic heterocycles. The molecule has 1 aromatic rings. The molecule has 0 aromatic heterocycles. The summed E-state index contributed by atoms with van der Waals surface area (Å²) in [5.41, 5.74) is 0.723. The molecule has 1 fully saturated rings. The molecular weight excluding hydrogens is 324 g/mol. The maximum Gasteiger partial charge on any atom is 0.251 e. The Morgan fingerprint density at radius 2 is 1.91 bits per heavy atom. The van der Waals surface area contributed by atoms with E-state index >= 15 is 0 Å². The van der Waals surface area contributed by atoms with Gasteiger partial charge in [0.1, 0.15) is 0 Å². The normalized spacial score (nSPS) is 16.3. The fourth-order valence-electron chi connectivity index (χ4n) is 2.59. The first-order valence-corrected chi connectivity index (χ1v) is 9.56. The second-order valence-corrected chi connectivity index (χ2v) is 8.13. The molecule has 1 N–H and O–H groups in total. The van der Waals surface area contributed by atoms with E-state index in [2.05, 4.69) is 5.32 Å². The van der Waals surface area contributed by atoms with Crippen molar-refractivity contribution in [2.45, 2.75) is 38.1 Å². The molecule has 0 radical (unpaired) electrons. The van der Waals surface area contributed by atoms with Crippen LogP contribution in [0.1, 0.15) is 42.5 Å². The standard InChI is InChI=1S/C15H21ClN2O3S/c1-18(22(2,20)21)14-10-11(8-9-13(14)16)15(19)17-12-6-4-3-5-7-12/h8-10,12H,3-7H2,1-2H3,(H,17,19). The van der Waals surface area contributed by atoms with E-state index in [9.17, 15) is 13.2 Å². The molecule has 1 saturated carbocycles. The Hall–Kier alpha value is -1.27. The Morgan fingerprint density at radius 1 is 1.27 bits per heavy atom.